The molecule has 0 aliphatic heterocycles. The molecule has 0 aromatic carbocycles. The molecule has 2 atom stereocenters. The van der Waals surface area contributed by atoms with Gasteiger partial charge in [-0.3, -0.25) is 9.59 Å². The molecular formula is C54H95NO8. The lowest BCUT2D eigenvalue weighted by atomic mass is 10.0. The molecule has 2 unspecified atom stereocenters. The van der Waals surface area contributed by atoms with Gasteiger partial charge in [-0.05, 0) is 57.8 Å². The van der Waals surface area contributed by atoms with Crippen molar-refractivity contribution in [3.05, 3.63) is 60.8 Å². The second-order valence-corrected chi connectivity index (χ2v) is 18.1. The second kappa shape index (κ2) is 45.6. The third-order valence-electron chi connectivity index (χ3n) is 10.8. The number of aliphatic carboxylic acids is 1. The van der Waals surface area contributed by atoms with E-state index in [-0.39, 0.29) is 38.6 Å². The van der Waals surface area contributed by atoms with Crippen molar-refractivity contribution in [3.63, 3.8) is 0 Å². The van der Waals surface area contributed by atoms with Crippen LogP contribution in [0.1, 0.15) is 206 Å². The minimum Gasteiger partial charge on any atom is -0.545 e. The van der Waals surface area contributed by atoms with Crippen LogP contribution in [-0.2, 0) is 33.3 Å². The highest BCUT2D eigenvalue weighted by molar-refractivity contribution is 5.70. The maximum Gasteiger partial charge on any atom is 0.306 e. The third-order valence-corrected chi connectivity index (χ3v) is 10.8. The number of unbranched alkanes of at least 4 members (excludes halogenated alkanes) is 21. The molecule has 0 heterocycles. The van der Waals surface area contributed by atoms with Crippen LogP contribution in [0.3, 0.4) is 0 Å². The summed E-state index contributed by atoms with van der Waals surface area (Å²) in [4.78, 5) is 36.7. The van der Waals surface area contributed by atoms with Gasteiger partial charge in [-0.25, -0.2) is 0 Å². The number of hydrogen-bond acceptors (Lipinski definition) is 8. The maximum absolute atomic E-state index is 12.7. The average Bonchev–Trinajstić information content (AvgIpc) is 3.24. The number of nitrogens with zero attached hydrogens (tertiary/aromatic N) is 1. The molecule has 0 aliphatic rings. The number of quaternary nitrogens is 1. The van der Waals surface area contributed by atoms with E-state index in [1.165, 1.54) is 96.3 Å². The fourth-order valence-electron chi connectivity index (χ4n) is 6.86. The highest BCUT2D eigenvalue weighted by atomic mass is 16.7. The molecule has 0 fully saturated rings. The van der Waals surface area contributed by atoms with Gasteiger partial charge in [0.2, 0.25) is 0 Å². The monoisotopic (exact) mass is 886 g/mol. The van der Waals surface area contributed by atoms with Crippen LogP contribution in [0, 0.1) is 0 Å². The fraction of sp³-hybridized carbons (Fsp3) is 0.759. The quantitative estimate of drug-likeness (QED) is 0.0195. The zero-order valence-electron chi connectivity index (χ0n) is 41.2. The topological polar surface area (TPSA) is 111 Å². The Morgan fingerprint density at radius 3 is 1.35 bits per heavy atom. The van der Waals surface area contributed by atoms with Crippen LogP contribution in [0.15, 0.2) is 60.8 Å². The first-order chi connectivity index (χ1) is 30.6. The number of ether oxygens (including phenoxy) is 4. The summed E-state index contributed by atoms with van der Waals surface area (Å²) in [5, 5.41) is 11.6. The Morgan fingerprint density at radius 1 is 0.492 bits per heavy atom. The van der Waals surface area contributed by atoms with E-state index in [1.54, 1.807) is 0 Å². The summed E-state index contributed by atoms with van der Waals surface area (Å²) in [7, 11) is 5.90. The van der Waals surface area contributed by atoms with Crippen LogP contribution in [0.5, 0.6) is 0 Å². The lowest BCUT2D eigenvalue weighted by Crippen LogP contribution is -2.44. The number of likely N-dealkylation sites (N-methyl/N-ethyl adjacent to an activating group) is 1. The Kier molecular flexibility index (Phi) is 43.4. The minimum absolute atomic E-state index is 0.148. The predicted molar refractivity (Wildman–Crippen MR) is 260 cm³/mol. The van der Waals surface area contributed by atoms with Gasteiger partial charge in [-0.15, -0.1) is 0 Å². The van der Waals surface area contributed by atoms with E-state index >= 15 is 0 Å². The zero-order valence-corrected chi connectivity index (χ0v) is 41.2. The number of carbonyl (C=O) groups is 3. The van der Waals surface area contributed by atoms with Crippen LogP contribution in [0.2, 0.25) is 0 Å². The first-order valence-electron chi connectivity index (χ1n) is 25.4. The van der Waals surface area contributed by atoms with E-state index < -0.39 is 24.3 Å². The zero-order chi connectivity index (χ0) is 46.3. The summed E-state index contributed by atoms with van der Waals surface area (Å²) in [5.74, 6) is -2.30. The molecular weight excluding hydrogens is 791 g/mol. The van der Waals surface area contributed by atoms with Gasteiger partial charge in [0.1, 0.15) is 13.2 Å². The predicted octanol–water partition coefficient (Wildman–Crippen LogP) is 12.8. The standard InChI is InChI=1S/C54H95NO8/c1-6-8-10-12-13-14-15-16-17-18-19-20-21-22-23-24-25-26-27-28-29-30-31-32-33-34-35-36-37-38-39-41-43-45-52(57)63-50(48-61-51(56)44-42-40-11-9-7-2)49-62-54(53(58)59)60-47-46-55(3,4)5/h8,10,13-14,16-17,19-20,22-23,50,54H,6-7,9,11-12,15,18,21,24-49H2,1-5H3/b10-8-,14-13-,17-16-,20-19-,23-22-. The van der Waals surface area contributed by atoms with Gasteiger partial charge >= 0.3 is 11.9 Å². The Balaban J connectivity index is 3.94. The molecule has 9 nitrogen and oxygen atoms in total. The number of carboxylic acid groups (broad SMARTS) is 1. The number of rotatable bonds is 46. The van der Waals surface area contributed by atoms with E-state index in [2.05, 4.69) is 74.6 Å². The Morgan fingerprint density at radius 2 is 0.905 bits per heavy atom. The van der Waals surface area contributed by atoms with Crippen molar-refractivity contribution in [2.75, 3.05) is 47.5 Å². The third kappa shape index (κ3) is 46.8. The normalized spacial score (nSPS) is 13.3. The van der Waals surface area contributed by atoms with E-state index in [0.29, 0.717) is 17.4 Å². The second-order valence-electron chi connectivity index (χ2n) is 18.1. The number of esters is 2. The minimum atomic E-state index is -1.62. The largest absolute Gasteiger partial charge is 0.545 e. The van der Waals surface area contributed by atoms with Gasteiger partial charge in [-0.2, -0.15) is 0 Å². The highest BCUT2D eigenvalue weighted by Gasteiger charge is 2.21. The number of carboxylic acids is 1. The summed E-state index contributed by atoms with van der Waals surface area (Å²) >= 11 is 0. The molecule has 0 saturated carbocycles. The lowest BCUT2D eigenvalue weighted by molar-refractivity contribution is -0.870. The van der Waals surface area contributed by atoms with Gasteiger partial charge in [-0.1, -0.05) is 197 Å². The molecule has 9 heteroatoms. The Bertz CT molecular complexity index is 1220. The number of allylic oxidation sites excluding steroid dienone is 10. The van der Waals surface area contributed by atoms with Crippen molar-refractivity contribution in [1.82, 2.24) is 0 Å². The number of carbonyl (C=O) groups excluding carboxylic acids is 3. The van der Waals surface area contributed by atoms with E-state index in [1.807, 2.05) is 21.1 Å². The van der Waals surface area contributed by atoms with E-state index in [4.69, 9.17) is 18.9 Å². The molecule has 364 valence electrons. The van der Waals surface area contributed by atoms with Crippen LogP contribution in [0.4, 0.5) is 0 Å². The molecule has 0 saturated heterocycles. The summed E-state index contributed by atoms with van der Waals surface area (Å²) in [6.45, 7) is 4.53. The molecule has 0 rings (SSSR count). The van der Waals surface area contributed by atoms with Gasteiger partial charge in [0.05, 0.1) is 40.3 Å². The van der Waals surface area contributed by atoms with Crippen LogP contribution >= 0.6 is 0 Å². The van der Waals surface area contributed by atoms with E-state index in [0.717, 1.165) is 77.0 Å². The first kappa shape index (κ1) is 60.0. The van der Waals surface area contributed by atoms with Crippen molar-refractivity contribution in [3.8, 4) is 0 Å². The van der Waals surface area contributed by atoms with Crippen LogP contribution < -0.4 is 5.11 Å². The Labute approximate surface area is 386 Å². The molecule has 0 N–H and O–H groups in total. The first-order valence-corrected chi connectivity index (χ1v) is 25.4. The molecule has 0 bridgehead atoms. The fourth-order valence-corrected chi connectivity index (χ4v) is 6.86. The van der Waals surface area contributed by atoms with Crippen molar-refractivity contribution < 1.29 is 42.9 Å². The highest BCUT2D eigenvalue weighted by Crippen LogP contribution is 2.16. The van der Waals surface area contributed by atoms with Crippen molar-refractivity contribution in [2.24, 2.45) is 0 Å². The summed E-state index contributed by atoms with van der Waals surface area (Å²) in [6, 6.07) is 0. The van der Waals surface area contributed by atoms with Crippen molar-refractivity contribution >= 4 is 17.9 Å². The summed E-state index contributed by atoms with van der Waals surface area (Å²) in [6.07, 6.45) is 53.3. The van der Waals surface area contributed by atoms with Crippen LogP contribution in [-0.4, -0.2) is 82.3 Å². The van der Waals surface area contributed by atoms with E-state index in [9.17, 15) is 19.5 Å². The SMILES string of the molecule is CC/C=C\C/C=C\C/C=C\C/C=C\C/C=C\CCCCCCCCCCCCCCCCCCCC(=O)OC(COC(=O)CCCCCCC)COC(OCC[N+](C)(C)C)C(=O)[O-]. The summed E-state index contributed by atoms with van der Waals surface area (Å²) < 4.78 is 22.4. The molecule has 0 amide bonds. The van der Waals surface area contributed by atoms with Gasteiger partial charge in [0, 0.05) is 12.8 Å². The van der Waals surface area contributed by atoms with Gasteiger partial charge in [0.15, 0.2) is 12.4 Å². The maximum atomic E-state index is 12.7. The van der Waals surface area contributed by atoms with Gasteiger partial charge in [0.25, 0.3) is 0 Å². The Hall–Kier alpha value is -3.01. The molecule has 0 aliphatic carbocycles. The van der Waals surface area contributed by atoms with Crippen molar-refractivity contribution in [2.45, 2.75) is 219 Å². The number of hydrogen-bond donors (Lipinski definition) is 0. The summed E-state index contributed by atoms with van der Waals surface area (Å²) in [5.41, 5.74) is 0. The molecule has 63 heavy (non-hydrogen) atoms. The van der Waals surface area contributed by atoms with Crippen LogP contribution in [0.25, 0.3) is 0 Å². The van der Waals surface area contributed by atoms with Gasteiger partial charge < -0.3 is 33.3 Å². The average molecular weight is 886 g/mol. The molecule has 0 spiro atoms. The smallest absolute Gasteiger partial charge is 0.306 e. The molecule has 0 aromatic heterocycles. The molecule has 0 aromatic rings. The lowest BCUT2D eigenvalue weighted by Gasteiger charge is -2.26. The molecule has 0 radical (unpaired) electrons. The van der Waals surface area contributed by atoms with Crippen molar-refractivity contribution in [1.29, 1.82) is 0 Å².